The van der Waals surface area contributed by atoms with Gasteiger partial charge < -0.3 is 10.1 Å². The van der Waals surface area contributed by atoms with Gasteiger partial charge in [-0.3, -0.25) is 0 Å². The van der Waals surface area contributed by atoms with Gasteiger partial charge in [-0.25, -0.2) is 0 Å². The van der Waals surface area contributed by atoms with Gasteiger partial charge in [0.15, 0.2) is 0 Å². The van der Waals surface area contributed by atoms with Gasteiger partial charge in [0.25, 0.3) is 0 Å². The molecule has 1 atom stereocenters. The summed E-state index contributed by atoms with van der Waals surface area (Å²) in [7, 11) is 0. The molecule has 2 heteroatoms. The Kier molecular flexibility index (Phi) is 5.41. The lowest BCUT2D eigenvalue weighted by atomic mass is 10.0. The van der Waals surface area contributed by atoms with E-state index >= 15 is 0 Å². The molecule has 0 heterocycles. The van der Waals surface area contributed by atoms with Gasteiger partial charge in [0.1, 0.15) is 0 Å². The van der Waals surface area contributed by atoms with Crippen molar-refractivity contribution >= 4 is 0 Å². The largest absolute Gasteiger partial charge is 0.376 e. The van der Waals surface area contributed by atoms with Crippen LogP contribution in [0.25, 0.3) is 0 Å². The molecule has 1 aromatic rings. The van der Waals surface area contributed by atoms with E-state index in [1.165, 1.54) is 42.4 Å². The molecule has 1 aliphatic carbocycles. The number of likely N-dealkylation sites (N-methyl/N-ethyl adjacent to an activating group) is 1. The van der Waals surface area contributed by atoms with Crippen LogP contribution in [-0.4, -0.2) is 19.3 Å². The van der Waals surface area contributed by atoms with Gasteiger partial charge in [-0.1, -0.05) is 49.1 Å². The van der Waals surface area contributed by atoms with Crippen molar-refractivity contribution in [1.29, 1.82) is 0 Å². The van der Waals surface area contributed by atoms with Gasteiger partial charge in [-0.2, -0.15) is 0 Å². The molecule has 0 saturated heterocycles. The van der Waals surface area contributed by atoms with E-state index in [2.05, 4.69) is 44.3 Å². The minimum atomic E-state index is 0.323. The van der Waals surface area contributed by atoms with Crippen LogP contribution in [0.5, 0.6) is 0 Å². The van der Waals surface area contributed by atoms with Crippen molar-refractivity contribution in [1.82, 2.24) is 5.32 Å². The maximum Gasteiger partial charge on any atom is 0.0665 e. The summed E-state index contributed by atoms with van der Waals surface area (Å²) >= 11 is 0. The Balaban J connectivity index is 2.00. The second kappa shape index (κ2) is 7.06. The van der Waals surface area contributed by atoms with Crippen LogP contribution in [0, 0.1) is 13.8 Å². The van der Waals surface area contributed by atoms with Gasteiger partial charge in [-0.15, -0.1) is 0 Å². The molecular weight excluding hydrogens is 234 g/mol. The molecule has 106 valence electrons. The maximum atomic E-state index is 6.09. The molecule has 0 bridgehead atoms. The summed E-state index contributed by atoms with van der Waals surface area (Å²) in [5.74, 6) is 0. The molecule has 1 fully saturated rings. The Morgan fingerprint density at radius 2 is 1.79 bits per heavy atom. The molecule has 1 aromatic carbocycles. The van der Waals surface area contributed by atoms with Crippen LogP contribution >= 0.6 is 0 Å². The standard InChI is InChI=1S/C17H27NO/c1-4-18-17(12-19-16-7-5-6-8-16)15-10-13(2)9-14(3)11-15/h9-11,16-18H,4-8,12H2,1-3H3. The SMILES string of the molecule is CCNC(COC1CCCC1)c1cc(C)cc(C)c1. The van der Waals surface area contributed by atoms with E-state index < -0.39 is 0 Å². The van der Waals surface area contributed by atoms with Crippen molar-refractivity contribution in [2.24, 2.45) is 0 Å². The topological polar surface area (TPSA) is 21.3 Å². The normalized spacial score (nSPS) is 17.8. The number of rotatable bonds is 6. The highest BCUT2D eigenvalue weighted by molar-refractivity contribution is 5.30. The fraction of sp³-hybridized carbons (Fsp3) is 0.647. The molecule has 1 N–H and O–H groups in total. The van der Waals surface area contributed by atoms with Crippen molar-refractivity contribution < 1.29 is 4.74 Å². The van der Waals surface area contributed by atoms with Gasteiger partial charge in [0.2, 0.25) is 0 Å². The fourth-order valence-electron chi connectivity index (χ4n) is 3.02. The first-order valence-electron chi connectivity index (χ1n) is 7.62. The highest BCUT2D eigenvalue weighted by Crippen LogP contribution is 2.23. The van der Waals surface area contributed by atoms with E-state index in [9.17, 15) is 0 Å². The zero-order valence-electron chi connectivity index (χ0n) is 12.5. The number of hydrogen-bond donors (Lipinski definition) is 1. The molecule has 1 saturated carbocycles. The quantitative estimate of drug-likeness (QED) is 0.838. The molecule has 0 amide bonds. The minimum Gasteiger partial charge on any atom is -0.376 e. The Hall–Kier alpha value is -0.860. The number of nitrogens with one attached hydrogen (secondary N) is 1. The summed E-state index contributed by atoms with van der Waals surface area (Å²) in [5, 5.41) is 3.55. The number of ether oxygens (including phenoxy) is 1. The summed E-state index contributed by atoms with van der Waals surface area (Å²) in [6.45, 7) is 8.26. The number of aryl methyl sites for hydroxylation is 2. The lowest BCUT2D eigenvalue weighted by Crippen LogP contribution is -2.27. The van der Waals surface area contributed by atoms with Crippen molar-refractivity contribution in [3.8, 4) is 0 Å². The van der Waals surface area contributed by atoms with E-state index in [4.69, 9.17) is 4.74 Å². The lowest BCUT2D eigenvalue weighted by molar-refractivity contribution is 0.0428. The Labute approximate surface area is 117 Å². The van der Waals surface area contributed by atoms with Crippen molar-refractivity contribution in [2.45, 2.75) is 58.6 Å². The molecule has 2 nitrogen and oxygen atoms in total. The van der Waals surface area contributed by atoms with Crippen molar-refractivity contribution in [2.75, 3.05) is 13.2 Å². The van der Waals surface area contributed by atoms with E-state index in [-0.39, 0.29) is 0 Å². The van der Waals surface area contributed by atoms with E-state index in [1.807, 2.05) is 0 Å². The smallest absolute Gasteiger partial charge is 0.0665 e. The van der Waals surface area contributed by atoms with Gasteiger partial charge in [-0.05, 0) is 38.8 Å². The lowest BCUT2D eigenvalue weighted by Gasteiger charge is -2.22. The highest BCUT2D eigenvalue weighted by atomic mass is 16.5. The average Bonchev–Trinajstić information content (AvgIpc) is 2.86. The molecule has 0 aromatic heterocycles. The third kappa shape index (κ3) is 4.32. The number of benzene rings is 1. The summed E-state index contributed by atoms with van der Waals surface area (Å²) < 4.78 is 6.09. The molecule has 2 rings (SSSR count). The average molecular weight is 261 g/mol. The van der Waals surface area contributed by atoms with Gasteiger partial charge >= 0.3 is 0 Å². The zero-order valence-corrected chi connectivity index (χ0v) is 12.5. The van der Waals surface area contributed by atoms with Crippen LogP contribution < -0.4 is 5.32 Å². The van der Waals surface area contributed by atoms with Gasteiger partial charge in [0, 0.05) is 0 Å². The second-order valence-corrected chi connectivity index (χ2v) is 5.77. The first kappa shape index (κ1) is 14.5. The third-order valence-corrected chi connectivity index (χ3v) is 3.90. The predicted molar refractivity (Wildman–Crippen MR) is 80.5 cm³/mol. The van der Waals surface area contributed by atoms with Crippen LogP contribution in [0.1, 0.15) is 55.3 Å². The summed E-state index contributed by atoms with van der Waals surface area (Å²) in [4.78, 5) is 0. The Morgan fingerprint density at radius 3 is 2.37 bits per heavy atom. The first-order valence-corrected chi connectivity index (χ1v) is 7.62. The molecule has 0 aliphatic heterocycles. The van der Waals surface area contributed by atoms with Crippen molar-refractivity contribution in [3.05, 3.63) is 34.9 Å². The van der Waals surface area contributed by atoms with Crippen LogP contribution in [0.15, 0.2) is 18.2 Å². The van der Waals surface area contributed by atoms with E-state index in [0.717, 1.165) is 13.2 Å². The first-order chi connectivity index (χ1) is 9.19. The minimum absolute atomic E-state index is 0.323. The van der Waals surface area contributed by atoms with Crippen LogP contribution in [0.4, 0.5) is 0 Å². The molecule has 0 radical (unpaired) electrons. The monoisotopic (exact) mass is 261 g/mol. The Bertz CT molecular complexity index is 376. The Morgan fingerprint density at radius 1 is 1.16 bits per heavy atom. The molecular formula is C17H27NO. The van der Waals surface area contributed by atoms with Crippen LogP contribution in [0.3, 0.4) is 0 Å². The molecule has 19 heavy (non-hydrogen) atoms. The zero-order chi connectivity index (χ0) is 13.7. The summed E-state index contributed by atoms with van der Waals surface area (Å²) in [6.07, 6.45) is 5.64. The van der Waals surface area contributed by atoms with Crippen LogP contribution in [-0.2, 0) is 4.74 Å². The summed E-state index contributed by atoms with van der Waals surface area (Å²) in [5.41, 5.74) is 4.02. The van der Waals surface area contributed by atoms with E-state index in [1.54, 1.807) is 0 Å². The van der Waals surface area contributed by atoms with Crippen molar-refractivity contribution in [3.63, 3.8) is 0 Å². The van der Waals surface area contributed by atoms with Crippen LogP contribution in [0.2, 0.25) is 0 Å². The fourth-order valence-corrected chi connectivity index (χ4v) is 3.02. The summed E-state index contributed by atoms with van der Waals surface area (Å²) in [6, 6.07) is 7.10. The molecule has 0 spiro atoms. The number of hydrogen-bond acceptors (Lipinski definition) is 2. The predicted octanol–water partition coefficient (Wildman–Crippen LogP) is 3.91. The van der Waals surface area contributed by atoms with E-state index in [0.29, 0.717) is 12.1 Å². The molecule has 1 unspecified atom stereocenters. The molecule has 1 aliphatic rings. The second-order valence-electron chi connectivity index (χ2n) is 5.77. The highest BCUT2D eigenvalue weighted by Gasteiger charge is 2.18. The maximum absolute atomic E-state index is 6.09. The third-order valence-electron chi connectivity index (χ3n) is 3.90. The van der Waals surface area contributed by atoms with Gasteiger partial charge in [0.05, 0.1) is 18.8 Å².